The highest BCUT2D eigenvalue weighted by atomic mass is 35.5. The van der Waals surface area contributed by atoms with Crippen molar-refractivity contribution in [2.75, 3.05) is 0 Å². The Kier molecular flexibility index (Phi) is 4.24. The lowest BCUT2D eigenvalue weighted by Crippen LogP contribution is -2.41. The second-order valence-corrected chi connectivity index (χ2v) is 6.61. The van der Waals surface area contributed by atoms with Gasteiger partial charge in [-0.1, -0.05) is 47.1 Å². The maximum absolute atomic E-state index is 9.57. The summed E-state index contributed by atoms with van der Waals surface area (Å²) in [6.45, 7) is 0. The Bertz CT molecular complexity index is 934. The van der Waals surface area contributed by atoms with Crippen molar-refractivity contribution in [1.29, 1.82) is 0 Å². The number of fused-ring (bicyclic) bond motifs is 1. The maximum atomic E-state index is 9.57. The Hall–Kier alpha value is -2.65. The number of oxime groups is 1. The zero-order chi connectivity index (χ0) is 17.2. The first kappa shape index (κ1) is 15.9. The third-order valence-electron chi connectivity index (χ3n) is 4.67. The largest absolute Gasteiger partial charge is 0.410 e. The first-order valence-electron chi connectivity index (χ1n) is 8.38. The lowest BCUT2D eigenvalue weighted by atomic mass is 9.87. The van der Waals surface area contributed by atoms with Crippen molar-refractivity contribution in [2.24, 2.45) is 5.16 Å². The molecule has 1 N–H and O–H groups in total. The van der Waals surface area contributed by atoms with Crippen LogP contribution < -0.4 is 4.57 Å². The van der Waals surface area contributed by atoms with E-state index in [2.05, 4.69) is 27.9 Å². The van der Waals surface area contributed by atoms with Crippen LogP contribution in [0.4, 0.5) is 0 Å². The summed E-state index contributed by atoms with van der Waals surface area (Å²) in [5, 5.41) is 13.9. The fraction of sp³-hybridized carbons (Fsp3) is 0.143. The monoisotopic (exact) mass is 349 g/mol. The molecule has 0 saturated heterocycles. The predicted octanol–water partition coefficient (Wildman–Crippen LogP) is 4.80. The van der Waals surface area contributed by atoms with Crippen LogP contribution in [-0.4, -0.2) is 10.9 Å². The van der Waals surface area contributed by atoms with E-state index in [1.165, 1.54) is 16.7 Å². The van der Waals surface area contributed by atoms with Gasteiger partial charge in [0.05, 0.1) is 0 Å². The topological polar surface area (TPSA) is 36.5 Å². The Morgan fingerprint density at radius 2 is 1.68 bits per heavy atom. The van der Waals surface area contributed by atoms with Crippen LogP contribution in [0.1, 0.15) is 24.1 Å². The predicted molar refractivity (Wildman–Crippen MR) is 99.7 cm³/mol. The van der Waals surface area contributed by atoms with E-state index in [1.54, 1.807) is 0 Å². The molecule has 0 fully saturated rings. The molecule has 4 heteroatoms. The highest BCUT2D eigenvalue weighted by molar-refractivity contribution is 6.30. The molecule has 0 bridgehead atoms. The second-order valence-electron chi connectivity index (χ2n) is 6.17. The number of rotatable bonds is 2. The molecule has 0 saturated carbocycles. The van der Waals surface area contributed by atoms with Gasteiger partial charge in [-0.25, -0.2) is 0 Å². The zero-order valence-corrected chi connectivity index (χ0v) is 14.4. The smallest absolute Gasteiger partial charge is 0.239 e. The maximum Gasteiger partial charge on any atom is 0.239 e. The summed E-state index contributed by atoms with van der Waals surface area (Å²) < 4.78 is 2.09. The number of pyridine rings is 1. The minimum atomic E-state index is 0.704. The molecule has 25 heavy (non-hydrogen) atoms. The molecule has 2 aromatic carbocycles. The van der Waals surface area contributed by atoms with Gasteiger partial charge < -0.3 is 5.21 Å². The Balaban J connectivity index is 1.97. The minimum absolute atomic E-state index is 0.704. The number of benzene rings is 2. The van der Waals surface area contributed by atoms with Gasteiger partial charge in [0.1, 0.15) is 0 Å². The van der Waals surface area contributed by atoms with E-state index in [9.17, 15) is 5.21 Å². The van der Waals surface area contributed by atoms with Crippen molar-refractivity contribution < 1.29 is 9.77 Å². The Labute approximate surface area is 151 Å². The van der Waals surface area contributed by atoms with Crippen LogP contribution >= 0.6 is 11.6 Å². The van der Waals surface area contributed by atoms with Crippen molar-refractivity contribution in [1.82, 2.24) is 0 Å². The molecule has 0 aliphatic heterocycles. The minimum Gasteiger partial charge on any atom is -0.410 e. The van der Waals surface area contributed by atoms with Gasteiger partial charge in [0, 0.05) is 35.2 Å². The number of hydrogen-bond donors (Lipinski definition) is 1. The van der Waals surface area contributed by atoms with E-state index < -0.39 is 0 Å². The third kappa shape index (κ3) is 2.92. The first-order valence-corrected chi connectivity index (χ1v) is 8.76. The SMILES string of the molecule is ON=C1CCCc2c(-c3ccccc3)cc[n+](-c3ccc(Cl)cc3)c21. The van der Waals surface area contributed by atoms with Crippen LogP contribution in [0.25, 0.3) is 16.8 Å². The van der Waals surface area contributed by atoms with E-state index >= 15 is 0 Å². The van der Waals surface area contributed by atoms with Gasteiger partial charge in [-0.15, -0.1) is 0 Å². The Morgan fingerprint density at radius 3 is 2.40 bits per heavy atom. The average Bonchev–Trinajstić information content (AvgIpc) is 2.68. The quantitative estimate of drug-likeness (QED) is 0.403. The molecule has 1 aliphatic carbocycles. The number of hydrogen-bond acceptors (Lipinski definition) is 2. The van der Waals surface area contributed by atoms with Gasteiger partial charge in [0.2, 0.25) is 11.4 Å². The standard InChI is InChI=1S/C21H17ClN2O/c22-16-9-11-17(12-10-16)24-14-13-18(15-5-2-1-3-6-15)19-7-4-8-20(23-25)21(19)24/h1-3,5-6,9-14H,4,7-8H2/p+1. The van der Waals surface area contributed by atoms with E-state index in [0.29, 0.717) is 5.02 Å². The molecule has 4 rings (SSSR count). The molecule has 3 nitrogen and oxygen atoms in total. The van der Waals surface area contributed by atoms with Gasteiger partial charge in [0.15, 0.2) is 11.9 Å². The molecule has 0 unspecified atom stereocenters. The summed E-state index contributed by atoms with van der Waals surface area (Å²) >= 11 is 6.03. The van der Waals surface area contributed by atoms with Crippen molar-refractivity contribution in [3.63, 3.8) is 0 Å². The van der Waals surface area contributed by atoms with Crippen LogP contribution in [0.3, 0.4) is 0 Å². The highest BCUT2D eigenvalue weighted by Crippen LogP contribution is 2.30. The van der Waals surface area contributed by atoms with Crippen molar-refractivity contribution in [2.45, 2.75) is 19.3 Å². The van der Waals surface area contributed by atoms with Gasteiger partial charge >= 0.3 is 0 Å². The van der Waals surface area contributed by atoms with Gasteiger partial charge in [-0.3, -0.25) is 0 Å². The van der Waals surface area contributed by atoms with Crippen molar-refractivity contribution >= 4 is 17.3 Å². The summed E-state index contributed by atoms with van der Waals surface area (Å²) in [5.74, 6) is 0. The number of nitrogens with zero attached hydrogens (tertiary/aromatic N) is 2. The molecule has 0 radical (unpaired) electrons. The summed E-state index contributed by atoms with van der Waals surface area (Å²) in [6, 6.07) is 20.2. The normalized spacial score (nSPS) is 15.2. The first-order chi connectivity index (χ1) is 12.3. The number of halogens is 1. The molecular formula is C21H18ClN2O+. The highest BCUT2D eigenvalue weighted by Gasteiger charge is 2.30. The molecular weight excluding hydrogens is 332 g/mol. The lowest BCUT2D eigenvalue weighted by Gasteiger charge is -2.18. The molecule has 1 aromatic heterocycles. The third-order valence-corrected chi connectivity index (χ3v) is 4.92. The molecule has 1 heterocycles. The van der Waals surface area contributed by atoms with Crippen LogP contribution in [0.2, 0.25) is 5.02 Å². The summed E-state index contributed by atoms with van der Waals surface area (Å²) in [5.41, 5.74) is 6.32. The van der Waals surface area contributed by atoms with Gasteiger partial charge in [-0.2, -0.15) is 4.57 Å². The Morgan fingerprint density at radius 1 is 0.920 bits per heavy atom. The van der Waals surface area contributed by atoms with E-state index in [0.717, 1.165) is 36.4 Å². The van der Waals surface area contributed by atoms with Gasteiger partial charge in [-0.05, 0) is 36.1 Å². The fourth-order valence-electron chi connectivity index (χ4n) is 3.52. The van der Waals surface area contributed by atoms with Crippen molar-refractivity contribution in [3.05, 3.63) is 83.1 Å². The second kappa shape index (κ2) is 6.69. The lowest BCUT2D eigenvalue weighted by molar-refractivity contribution is -0.597. The van der Waals surface area contributed by atoms with Crippen LogP contribution in [0, 0.1) is 0 Å². The number of aromatic nitrogens is 1. The van der Waals surface area contributed by atoms with Gasteiger partial charge in [0.25, 0.3) is 0 Å². The van der Waals surface area contributed by atoms with Crippen LogP contribution in [0.5, 0.6) is 0 Å². The summed E-state index contributed by atoms with van der Waals surface area (Å²) in [7, 11) is 0. The van der Waals surface area contributed by atoms with Crippen LogP contribution in [0.15, 0.2) is 72.0 Å². The summed E-state index contributed by atoms with van der Waals surface area (Å²) in [6.07, 6.45) is 4.76. The van der Waals surface area contributed by atoms with E-state index in [4.69, 9.17) is 11.6 Å². The van der Waals surface area contributed by atoms with Crippen LogP contribution in [-0.2, 0) is 6.42 Å². The molecule has 124 valence electrons. The molecule has 0 atom stereocenters. The molecule has 1 aliphatic rings. The summed E-state index contributed by atoms with van der Waals surface area (Å²) in [4.78, 5) is 0. The average molecular weight is 350 g/mol. The van der Waals surface area contributed by atoms with Crippen molar-refractivity contribution in [3.8, 4) is 16.8 Å². The molecule has 0 amide bonds. The zero-order valence-electron chi connectivity index (χ0n) is 13.7. The molecule has 3 aromatic rings. The van der Waals surface area contributed by atoms with E-state index in [-0.39, 0.29) is 0 Å². The van der Waals surface area contributed by atoms with E-state index in [1.807, 2.05) is 48.7 Å². The fourth-order valence-corrected chi connectivity index (χ4v) is 3.64. The molecule has 0 spiro atoms.